The van der Waals surface area contributed by atoms with Gasteiger partial charge in [0, 0.05) is 20.6 Å². The first-order valence-corrected chi connectivity index (χ1v) is 8.54. The molecule has 1 amide bonds. The molecule has 0 aromatic carbocycles. The molecule has 1 fully saturated rings. The van der Waals surface area contributed by atoms with Gasteiger partial charge in [-0.15, -0.1) is 0 Å². The van der Waals surface area contributed by atoms with Crippen LogP contribution in [-0.4, -0.2) is 39.7 Å². The minimum atomic E-state index is -0.465. The summed E-state index contributed by atoms with van der Waals surface area (Å²) < 4.78 is 2.31. The van der Waals surface area contributed by atoms with Crippen LogP contribution < -0.4 is 21.9 Å². The van der Waals surface area contributed by atoms with Gasteiger partial charge in [-0.1, -0.05) is 0 Å². The fourth-order valence-corrected chi connectivity index (χ4v) is 3.23. The molecule has 134 valence electrons. The Kier molecular flexibility index (Phi) is 4.98. The summed E-state index contributed by atoms with van der Waals surface area (Å²) in [6.45, 7) is 2.65. The molecule has 0 aliphatic carbocycles. The lowest BCUT2D eigenvalue weighted by Gasteiger charge is -2.22. The second-order valence-electron chi connectivity index (χ2n) is 6.53. The van der Waals surface area contributed by atoms with E-state index in [1.807, 2.05) is 0 Å². The standard InChI is InChI=1S/C17H23N5O3/c1-21-14-12(16(24)22(2)17(21)25)5-6-13(20-14)15(23)19-9-7-11-4-3-8-18-10-11/h5-6,11,18H,3-4,7-10H2,1-2H3,(H,19,23). The number of carbonyl (C=O) groups is 1. The zero-order valence-electron chi connectivity index (χ0n) is 14.5. The van der Waals surface area contributed by atoms with E-state index in [-0.39, 0.29) is 17.2 Å². The maximum absolute atomic E-state index is 12.3. The Morgan fingerprint density at radius 2 is 2.12 bits per heavy atom. The normalized spacial score (nSPS) is 17.6. The van der Waals surface area contributed by atoms with Gasteiger partial charge in [-0.25, -0.2) is 9.78 Å². The molecule has 8 nitrogen and oxygen atoms in total. The first-order valence-electron chi connectivity index (χ1n) is 8.54. The van der Waals surface area contributed by atoms with Crippen LogP contribution in [-0.2, 0) is 14.1 Å². The van der Waals surface area contributed by atoms with E-state index in [2.05, 4.69) is 15.6 Å². The SMILES string of the molecule is Cn1c(=O)c2ccc(C(=O)NCCC3CCCNC3)nc2n(C)c1=O. The summed E-state index contributed by atoms with van der Waals surface area (Å²) in [6, 6.07) is 3.07. The highest BCUT2D eigenvalue weighted by atomic mass is 16.2. The lowest BCUT2D eigenvalue weighted by Crippen LogP contribution is -2.37. The smallest absolute Gasteiger partial charge is 0.332 e. The van der Waals surface area contributed by atoms with Crippen LogP contribution in [0.3, 0.4) is 0 Å². The minimum Gasteiger partial charge on any atom is -0.351 e. The number of pyridine rings is 1. The van der Waals surface area contributed by atoms with E-state index >= 15 is 0 Å². The Bertz CT molecular complexity index is 909. The quantitative estimate of drug-likeness (QED) is 0.796. The van der Waals surface area contributed by atoms with Crippen molar-refractivity contribution < 1.29 is 4.79 Å². The number of fused-ring (bicyclic) bond motifs is 1. The molecule has 1 aliphatic heterocycles. The molecule has 2 aromatic rings. The Morgan fingerprint density at radius 1 is 1.32 bits per heavy atom. The lowest BCUT2D eigenvalue weighted by molar-refractivity contribution is 0.0946. The van der Waals surface area contributed by atoms with Crippen LogP contribution in [0.5, 0.6) is 0 Å². The highest BCUT2D eigenvalue weighted by molar-refractivity contribution is 5.94. The number of carbonyl (C=O) groups excluding carboxylic acids is 1. The van der Waals surface area contributed by atoms with E-state index in [9.17, 15) is 14.4 Å². The van der Waals surface area contributed by atoms with Gasteiger partial charge in [0.15, 0.2) is 0 Å². The molecule has 2 aromatic heterocycles. The number of piperidine rings is 1. The van der Waals surface area contributed by atoms with E-state index in [0.29, 0.717) is 17.8 Å². The van der Waals surface area contributed by atoms with Crippen LogP contribution in [0.1, 0.15) is 29.8 Å². The second-order valence-corrected chi connectivity index (χ2v) is 6.53. The van der Waals surface area contributed by atoms with Crippen LogP contribution >= 0.6 is 0 Å². The number of hydrogen-bond donors (Lipinski definition) is 2. The number of rotatable bonds is 4. The zero-order valence-corrected chi connectivity index (χ0v) is 14.5. The monoisotopic (exact) mass is 345 g/mol. The van der Waals surface area contributed by atoms with Gasteiger partial charge in [-0.2, -0.15) is 0 Å². The molecule has 0 radical (unpaired) electrons. The van der Waals surface area contributed by atoms with Gasteiger partial charge in [-0.3, -0.25) is 18.7 Å². The fourth-order valence-electron chi connectivity index (χ4n) is 3.23. The molecule has 1 saturated heterocycles. The van der Waals surface area contributed by atoms with Crippen LogP contribution in [0.2, 0.25) is 0 Å². The van der Waals surface area contributed by atoms with Crippen molar-refractivity contribution in [3.63, 3.8) is 0 Å². The predicted octanol–water partition coefficient (Wildman–Crippen LogP) is -0.248. The van der Waals surface area contributed by atoms with E-state index < -0.39 is 11.2 Å². The Balaban J connectivity index is 1.76. The third kappa shape index (κ3) is 3.48. The molecule has 0 bridgehead atoms. The highest BCUT2D eigenvalue weighted by Gasteiger charge is 2.15. The van der Waals surface area contributed by atoms with Gasteiger partial charge >= 0.3 is 5.69 Å². The molecule has 2 N–H and O–H groups in total. The van der Waals surface area contributed by atoms with Gasteiger partial charge < -0.3 is 10.6 Å². The number of aryl methyl sites for hydroxylation is 1. The second kappa shape index (κ2) is 7.18. The molecule has 3 rings (SSSR count). The largest absolute Gasteiger partial charge is 0.351 e. The van der Waals surface area contributed by atoms with Gasteiger partial charge in [-0.05, 0) is 50.4 Å². The number of nitrogens with one attached hydrogen (secondary N) is 2. The molecular weight excluding hydrogens is 322 g/mol. The number of amides is 1. The summed E-state index contributed by atoms with van der Waals surface area (Å²) in [5.74, 6) is 0.293. The number of hydrogen-bond acceptors (Lipinski definition) is 5. The van der Waals surface area contributed by atoms with Crippen LogP contribution in [0, 0.1) is 5.92 Å². The van der Waals surface area contributed by atoms with Gasteiger partial charge in [0.1, 0.15) is 11.3 Å². The molecular formula is C17H23N5O3. The molecule has 0 spiro atoms. The van der Waals surface area contributed by atoms with Crippen LogP contribution in [0.4, 0.5) is 0 Å². The number of nitrogens with zero attached hydrogens (tertiary/aromatic N) is 3. The summed E-state index contributed by atoms with van der Waals surface area (Å²) >= 11 is 0. The molecule has 1 aliphatic rings. The Morgan fingerprint density at radius 3 is 2.84 bits per heavy atom. The van der Waals surface area contributed by atoms with Crippen LogP contribution in [0.15, 0.2) is 21.7 Å². The topological polar surface area (TPSA) is 98.0 Å². The average Bonchev–Trinajstić information content (AvgIpc) is 2.65. The minimum absolute atomic E-state index is 0.206. The predicted molar refractivity (Wildman–Crippen MR) is 94.8 cm³/mol. The van der Waals surface area contributed by atoms with Crippen molar-refractivity contribution in [3.05, 3.63) is 38.7 Å². The van der Waals surface area contributed by atoms with E-state index in [1.165, 1.54) is 37.6 Å². The molecule has 1 atom stereocenters. The van der Waals surface area contributed by atoms with Crippen molar-refractivity contribution in [2.75, 3.05) is 19.6 Å². The molecule has 1 unspecified atom stereocenters. The first kappa shape index (κ1) is 17.3. The van der Waals surface area contributed by atoms with Crippen molar-refractivity contribution in [2.45, 2.75) is 19.3 Å². The van der Waals surface area contributed by atoms with Crippen molar-refractivity contribution in [2.24, 2.45) is 20.0 Å². The fraction of sp³-hybridized carbons (Fsp3) is 0.529. The Hall–Kier alpha value is -2.48. The van der Waals surface area contributed by atoms with Crippen molar-refractivity contribution >= 4 is 16.9 Å². The summed E-state index contributed by atoms with van der Waals surface area (Å²) in [7, 11) is 2.96. The summed E-state index contributed by atoms with van der Waals surface area (Å²) in [4.78, 5) is 40.7. The lowest BCUT2D eigenvalue weighted by atomic mass is 9.96. The number of aromatic nitrogens is 3. The van der Waals surface area contributed by atoms with Crippen molar-refractivity contribution in [3.8, 4) is 0 Å². The molecule has 25 heavy (non-hydrogen) atoms. The third-order valence-electron chi connectivity index (χ3n) is 4.77. The summed E-state index contributed by atoms with van der Waals surface area (Å²) in [5.41, 5.74) is -0.454. The van der Waals surface area contributed by atoms with Crippen LogP contribution in [0.25, 0.3) is 11.0 Å². The van der Waals surface area contributed by atoms with Gasteiger partial charge in [0.25, 0.3) is 11.5 Å². The molecule has 8 heteroatoms. The summed E-state index contributed by atoms with van der Waals surface area (Å²) in [6.07, 6.45) is 3.28. The first-order chi connectivity index (χ1) is 12.0. The van der Waals surface area contributed by atoms with Gasteiger partial charge in [0.2, 0.25) is 0 Å². The van der Waals surface area contributed by atoms with Gasteiger partial charge in [0.05, 0.1) is 5.39 Å². The molecule has 3 heterocycles. The zero-order chi connectivity index (χ0) is 18.0. The summed E-state index contributed by atoms with van der Waals surface area (Å²) in [5, 5.41) is 6.54. The van der Waals surface area contributed by atoms with Crippen molar-refractivity contribution in [1.82, 2.24) is 24.8 Å². The average molecular weight is 345 g/mol. The maximum atomic E-state index is 12.3. The third-order valence-corrected chi connectivity index (χ3v) is 4.77. The maximum Gasteiger partial charge on any atom is 0.332 e. The highest BCUT2D eigenvalue weighted by Crippen LogP contribution is 2.13. The molecule has 0 saturated carbocycles. The van der Waals surface area contributed by atoms with Crippen molar-refractivity contribution in [1.29, 1.82) is 0 Å². The van der Waals surface area contributed by atoms with E-state index in [4.69, 9.17) is 0 Å². The van der Waals surface area contributed by atoms with E-state index in [0.717, 1.165) is 24.1 Å². The Labute approximate surface area is 144 Å². The van der Waals surface area contributed by atoms with E-state index in [1.54, 1.807) is 6.07 Å².